The SMILES string of the molecule is COC(=O)C1=C(C)NC(C)=C(C(=O)OCC2CC2)[C@@H]1c1cccc(Cl)c1Cl. The molecule has 1 aromatic carbocycles. The molecule has 1 aromatic rings. The summed E-state index contributed by atoms with van der Waals surface area (Å²) in [5, 5.41) is 3.73. The monoisotopic (exact) mass is 409 g/mol. The van der Waals surface area contributed by atoms with Crippen LogP contribution in [0.3, 0.4) is 0 Å². The van der Waals surface area contributed by atoms with E-state index in [2.05, 4.69) is 5.32 Å². The highest BCUT2D eigenvalue weighted by Gasteiger charge is 2.39. The van der Waals surface area contributed by atoms with Gasteiger partial charge < -0.3 is 14.8 Å². The number of carbonyl (C=O) groups is 2. The lowest BCUT2D eigenvalue weighted by molar-refractivity contribution is -0.140. The number of hydrogen-bond donors (Lipinski definition) is 1. The van der Waals surface area contributed by atoms with Crippen LogP contribution in [0, 0.1) is 5.92 Å². The number of methoxy groups -OCH3 is 1. The Labute approximate surface area is 168 Å². The van der Waals surface area contributed by atoms with E-state index in [1.807, 2.05) is 0 Å². The number of rotatable bonds is 5. The van der Waals surface area contributed by atoms with Crippen molar-refractivity contribution >= 4 is 35.1 Å². The molecular weight excluding hydrogens is 389 g/mol. The van der Waals surface area contributed by atoms with Crippen molar-refractivity contribution in [3.8, 4) is 0 Å². The minimum atomic E-state index is -0.725. The van der Waals surface area contributed by atoms with Gasteiger partial charge in [-0.1, -0.05) is 35.3 Å². The predicted molar refractivity (Wildman–Crippen MR) is 103 cm³/mol. The van der Waals surface area contributed by atoms with Gasteiger partial charge in [0.15, 0.2) is 0 Å². The molecule has 5 nitrogen and oxygen atoms in total. The van der Waals surface area contributed by atoms with Crippen molar-refractivity contribution in [2.75, 3.05) is 13.7 Å². The number of nitrogens with one attached hydrogen (secondary N) is 1. The Morgan fingerprint density at radius 1 is 1.11 bits per heavy atom. The van der Waals surface area contributed by atoms with Crippen molar-refractivity contribution in [1.82, 2.24) is 5.32 Å². The minimum absolute atomic E-state index is 0.292. The van der Waals surface area contributed by atoms with E-state index in [0.29, 0.717) is 50.7 Å². The van der Waals surface area contributed by atoms with Crippen molar-refractivity contribution < 1.29 is 19.1 Å². The molecule has 0 amide bonds. The molecule has 1 aliphatic carbocycles. The predicted octanol–water partition coefficient (Wildman–Crippen LogP) is 4.35. The van der Waals surface area contributed by atoms with E-state index in [1.54, 1.807) is 32.0 Å². The molecule has 0 unspecified atom stereocenters. The normalized spacial score (nSPS) is 19.7. The third-order valence-electron chi connectivity index (χ3n) is 4.83. The van der Waals surface area contributed by atoms with Gasteiger partial charge in [-0.3, -0.25) is 0 Å². The quantitative estimate of drug-likeness (QED) is 0.731. The molecule has 3 rings (SSSR count). The summed E-state index contributed by atoms with van der Waals surface area (Å²) < 4.78 is 10.5. The third-order valence-corrected chi connectivity index (χ3v) is 5.66. The summed E-state index contributed by atoms with van der Waals surface area (Å²) >= 11 is 12.6. The lowest BCUT2D eigenvalue weighted by Gasteiger charge is -2.30. The zero-order chi connectivity index (χ0) is 19.7. The van der Waals surface area contributed by atoms with Gasteiger partial charge in [0.1, 0.15) is 0 Å². The van der Waals surface area contributed by atoms with Crippen LogP contribution in [0.15, 0.2) is 40.7 Å². The standard InChI is InChI=1S/C20H21Cl2NO4/c1-10-15(19(24)26-3)17(13-5-4-6-14(21)18(13)22)16(11(2)23-10)20(25)27-9-12-7-8-12/h4-6,12,17,23H,7-9H2,1-3H3/t17-/m1/s1. The summed E-state index contributed by atoms with van der Waals surface area (Å²) in [5.74, 6) is -1.31. The van der Waals surface area contributed by atoms with Crippen LogP contribution >= 0.6 is 23.2 Å². The second-order valence-corrected chi connectivity index (χ2v) is 7.60. The molecule has 144 valence electrons. The summed E-state index contributed by atoms with van der Waals surface area (Å²) in [5.41, 5.74) is 2.42. The molecule has 0 aromatic heterocycles. The number of allylic oxidation sites excluding steroid dienone is 2. The Bertz CT molecular complexity index is 856. The second kappa shape index (κ2) is 7.95. The van der Waals surface area contributed by atoms with Gasteiger partial charge in [0, 0.05) is 11.4 Å². The first-order chi connectivity index (χ1) is 12.8. The second-order valence-electron chi connectivity index (χ2n) is 6.81. The molecule has 0 spiro atoms. The van der Waals surface area contributed by atoms with Gasteiger partial charge in [-0.15, -0.1) is 0 Å². The smallest absolute Gasteiger partial charge is 0.336 e. The zero-order valence-corrected chi connectivity index (χ0v) is 16.9. The summed E-state index contributed by atoms with van der Waals surface area (Å²) in [6.07, 6.45) is 2.14. The lowest BCUT2D eigenvalue weighted by Crippen LogP contribution is -2.32. The highest BCUT2D eigenvalue weighted by Crippen LogP contribution is 2.43. The van der Waals surface area contributed by atoms with Crippen LogP contribution < -0.4 is 5.32 Å². The Balaban J connectivity index is 2.10. The van der Waals surface area contributed by atoms with E-state index >= 15 is 0 Å². The number of halogens is 2. The fraction of sp³-hybridized carbons (Fsp3) is 0.400. The van der Waals surface area contributed by atoms with E-state index in [-0.39, 0.29) is 0 Å². The first-order valence-corrected chi connectivity index (χ1v) is 9.48. The van der Waals surface area contributed by atoms with Gasteiger partial charge in [0.25, 0.3) is 0 Å². The van der Waals surface area contributed by atoms with Crippen LogP contribution in [0.2, 0.25) is 10.0 Å². The number of esters is 2. The van der Waals surface area contributed by atoms with Crippen LogP contribution in [-0.2, 0) is 19.1 Å². The van der Waals surface area contributed by atoms with Crippen LogP contribution in [0.1, 0.15) is 38.2 Å². The average molecular weight is 410 g/mol. The zero-order valence-electron chi connectivity index (χ0n) is 15.4. The van der Waals surface area contributed by atoms with E-state index in [4.69, 9.17) is 32.7 Å². The van der Waals surface area contributed by atoms with Crippen LogP contribution in [0.5, 0.6) is 0 Å². The Hall–Kier alpha value is -1.98. The average Bonchev–Trinajstić information content (AvgIpc) is 3.45. The molecule has 1 heterocycles. The molecular formula is C20H21Cl2NO4. The van der Waals surface area contributed by atoms with Gasteiger partial charge in [-0.25, -0.2) is 9.59 Å². The first-order valence-electron chi connectivity index (χ1n) is 8.73. The van der Waals surface area contributed by atoms with E-state index in [1.165, 1.54) is 7.11 Å². The maximum absolute atomic E-state index is 12.9. The Kier molecular flexibility index (Phi) is 5.82. The highest BCUT2D eigenvalue weighted by molar-refractivity contribution is 6.42. The Morgan fingerprint density at radius 3 is 2.33 bits per heavy atom. The molecule has 0 bridgehead atoms. The van der Waals surface area contributed by atoms with Crippen molar-refractivity contribution in [1.29, 1.82) is 0 Å². The van der Waals surface area contributed by atoms with Gasteiger partial charge in [-0.05, 0) is 44.2 Å². The molecule has 0 saturated heterocycles. The van der Waals surface area contributed by atoms with Crippen molar-refractivity contribution in [3.63, 3.8) is 0 Å². The third kappa shape index (κ3) is 3.99. The molecule has 1 aliphatic heterocycles. The first kappa shape index (κ1) is 19.8. The number of ether oxygens (including phenoxy) is 2. The van der Waals surface area contributed by atoms with Crippen molar-refractivity contribution in [2.45, 2.75) is 32.6 Å². The minimum Gasteiger partial charge on any atom is -0.466 e. The lowest BCUT2D eigenvalue weighted by atomic mass is 9.80. The van der Waals surface area contributed by atoms with E-state index < -0.39 is 17.9 Å². The Morgan fingerprint density at radius 2 is 1.74 bits per heavy atom. The summed E-state index contributed by atoms with van der Waals surface area (Å²) in [4.78, 5) is 25.5. The van der Waals surface area contributed by atoms with Crippen LogP contribution in [0.25, 0.3) is 0 Å². The molecule has 1 atom stereocenters. The van der Waals surface area contributed by atoms with Gasteiger partial charge >= 0.3 is 11.9 Å². The van der Waals surface area contributed by atoms with Crippen molar-refractivity contribution in [2.24, 2.45) is 5.92 Å². The van der Waals surface area contributed by atoms with Crippen molar-refractivity contribution in [3.05, 3.63) is 56.3 Å². The number of benzene rings is 1. The molecule has 1 fully saturated rings. The highest BCUT2D eigenvalue weighted by atomic mass is 35.5. The van der Waals surface area contributed by atoms with Gasteiger partial charge in [0.05, 0.1) is 40.8 Å². The van der Waals surface area contributed by atoms with E-state index in [0.717, 1.165) is 12.8 Å². The fourth-order valence-corrected chi connectivity index (χ4v) is 3.67. The molecule has 2 aliphatic rings. The van der Waals surface area contributed by atoms with Gasteiger partial charge in [0.2, 0.25) is 0 Å². The van der Waals surface area contributed by atoms with Crippen LogP contribution in [0.4, 0.5) is 0 Å². The number of carbonyl (C=O) groups excluding carboxylic acids is 2. The molecule has 1 N–H and O–H groups in total. The van der Waals surface area contributed by atoms with E-state index in [9.17, 15) is 9.59 Å². The molecule has 0 radical (unpaired) electrons. The molecule has 7 heteroatoms. The summed E-state index contributed by atoms with van der Waals surface area (Å²) in [7, 11) is 1.30. The van der Waals surface area contributed by atoms with Gasteiger partial charge in [-0.2, -0.15) is 0 Å². The molecule has 1 saturated carbocycles. The summed E-state index contributed by atoms with van der Waals surface area (Å²) in [6.45, 7) is 3.91. The summed E-state index contributed by atoms with van der Waals surface area (Å²) in [6, 6.07) is 5.14. The fourth-order valence-electron chi connectivity index (χ4n) is 3.26. The topological polar surface area (TPSA) is 64.6 Å². The number of hydrogen-bond acceptors (Lipinski definition) is 5. The maximum atomic E-state index is 12.9. The largest absolute Gasteiger partial charge is 0.466 e. The maximum Gasteiger partial charge on any atom is 0.336 e. The number of dihydropyridines is 1. The van der Waals surface area contributed by atoms with Crippen LogP contribution in [-0.4, -0.2) is 25.7 Å². The molecule has 27 heavy (non-hydrogen) atoms.